The van der Waals surface area contributed by atoms with Crippen LogP contribution in [0.1, 0.15) is 41.6 Å². The Bertz CT molecular complexity index is 1280. The maximum Gasteiger partial charge on any atom is 0.387 e. The van der Waals surface area contributed by atoms with E-state index in [1.165, 1.54) is 30.0 Å². The van der Waals surface area contributed by atoms with Crippen molar-refractivity contribution < 1.29 is 32.2 Å². The predicted molar refractivity (Wildman–Crippen MR) is 119 cm³/mol. The number of ether oxygens (including phenoxy) is 3. The third kappa shape index (κ3) is 4.40. The number of alkyl halides is 2. The molecule has 1 aromatic carbocycles. The molecule has 1 aliphatic carbocycles. The number of ketones is 1. The third-order valence-electron chi connectivity index (χ3n) is 6.16. The summed E-state index contributed by atoms with van der Waals surface area (Å²) in [5, 5.41) is 0. The van der Waals surface area contributed by atoms with Crippen LogP contribution in [0.5, 0.6) is 11.5 Å². The number of Topliss-reactive ketones (excluding diaryl/α,β-unsaturated/α-hetero) is 1. The van der Waals surface area contributed by atoms with E-state index in [1.54, 1.807) is 12.1 Å². The lowest BCUT2D eigenvalue weighted by molar-refractivity contribution is -0.0502. The molecule has 3 heterocycles. The highest BCUT2D eigenvalue weighted by molar-refractivity contribution is 6.02. The van der Waals surface area contributed by atoms with Crippen molar-refractivity contribution in [2.75, 3.05) is 20.3 Å². The maximum atomic E-state index is 15.0. The number of aromatic nitrogens is 2. The second kappa shape index (κ2) is 9.13. The van der Waals surface area contributed by atoms with Crippen LogP contribution in [-0.4, -0.2) is 42.1 Å². The zero-order chi connectivity index (χ0) is 23.8. The third-order valence-corrected chi connectivity index (χ3v) is 6.16. The van der Waals surface area contributed by atoms with Gasteiger partial charge in [-0.05, 0) is 49.0 Å². The fourth-order valence-corrected chi connectivity index (χ4v) is 4.28. The largest absolute Gasteiger partial charge is 0.496 e. The van der Waals surface area contributed by atoms with Gasteiger partial charge in [-0.3, -0.25) is 9.20 Å². The minimum absolute atomic E-state index is 0.00723. The standard InChI is InChI=1S/C25H23F3N2O4/c1-32-21-9-16(10-22(34-25(27)28)24(21)20(31)8-14-2-3-14)19-12-29-23-11-17(18(26)13-30(19)23)15-4-6-33-7-5-15/h4,9-14,25H,2-3,5-8H2,1H3. The van der Waals surface area contributed by atoms with Gasteiger partial charge in [0.1, 0.15) is 28.5 Å². The predicted octanol–water partition coefficient (Wildman–Crippen LogP) is 5.54. The minimum atomic E-state index is -3.12. The van der Waals surface area contributed by atoms with Gasteiger partial charge in [0, 0.05) is 23.7 Å². The molecule has 5 rings (SSSR count). The molecule has 0 N–H and O–H groups in total. The highest BCUT2D eigenvalue weighted by atomic mass is 19.3. The van der Waals surface area contributed by atoms with E-state index in [0.717, 1.165) is 18.4 Å². The Hall–Kier alpha value is -3.33. The molecule has 3 aromatic rings. The van der Waals surface area contributed by atoms with E-state index in [1.807, 2.05) is 6.08 Å². The first kappa shape index (κ1) is 22.5. The number of halogens is 3. The van der Waals surface area contributed by atoms with Crippen LogP contribution in [0.25, 0.3) is 22.5 Å². The molecule has 1 aliphatic heterocycles. The summed E-state index contributed by atoms with van der Waals surface area (Å²) < 4.78 is 58.4. The highest BCUT2D eigenvalue weighted by Gasteiger charge is 2.30. The van der Waals surface area contributed by atoms with E-state index in [0.29, 0.717) is 42.1 Å². The summed E-state index contributed by atoms with van der Waals surface area (Å²) in [4.78, 5) is 17.2. The second-order valence-electron chi connectivity index (χ2n) is 8.46. The van der Waals surface area contributed by atoms with Gasteiger partial charge in [-0.15, -0.1) is 0 Å². The average Bonchev–Trinajstić information content (AvgIpc) is 3.54. The van der Waals surface area contributed by atoms with Gasteiger partial charge < -0.3 is 14.2 Å². The Labute approximate surface area is 194 Å². The van der Waals surface area contributed by atoms with Crippen LogP contribution in [0.15, 0.2) is 36.7 Å². The topological polar surface area (TPSA) is 62.1 Å². The Morgan fingerprint density at radius 2 is 2.06 bits per heavy atom. The summed E-state index contributed by atoms with van der Waals surface area (Å²) in [5.74, 6) is -0.627. The Morgan fingerprint density at radius 1 is 1.26 bits per heavy atom. The van der Waals surface area contributed by atoms with Gasteiger partial charge in [-0.2, -0.15) is 8.78 Å². The van der Waals surface area contributed by atoms with Crippen molar-refractivity contribution in [3.63, 3.8) is 0 Å². The lowest BCUT2D eigenvalue weighted by Gasteiger charge is -2.16. The highest BCUT2D eigenvalue weighted by Crippen LogP contribution is 2.40. The van der Waals surface area contributed by atoms with Crippen molar-refractivity contribution in [3.8, 4) is 22.8 Å². The molecule has 0 saturated heterocycles. The average molecular weight is 472 g/mol. The van der Waals surface area contributed by atoms with E-state index < -0.39 is 12.4 Å². The summed E-state index contributed by atoms with van der Waals surface area (Å²) >= 11 is 0. The Kier molecular flexibility index (Phi) is 6.03. The van der Waals surface area contributed by atoms with Crippen molar-refractivity contribution in [1.29, 1.82) is 0 Å². The summed E-state index contributed by atoms with van der Waals surface area (Å²) in [7, 11) is 1.36. The van der Waals surface area contributed by atoms with Gasteiger partial charge in [0.05, 0.1) is 32.2 Å². The fourth-order valence-electron chi connectivity index (χ4n) is 4.28. The van der Waals surface area contributed by atoms with Gasteiger partial charge in [0.2, 0.25) is 0 Å². The molecule has 0 atom stereocenters. The van der Waals surface area contributed by atoms with Crippen molar-refractivity contribution in [2.45, 2.75) is 32.3 Å². The number of carbonyl (C=O) groups excluding carboxylic acids is 1. The molecule has 9 heteroatoms. The lowest BCUT2D eigenvalue weighted by atomic mass is 10.00. The molecule has 34 heavy (non-hydrogen) atoms. The number of methoxy groups -OCH3 is 1. The number of benzene rings is 1. The maximum absolute atomic E-state index is 15.0. The molecule has 0 spiro atoms. The van der Waals surface area contributed by atoms with Crippen LogP contribution in [0.4, 0.5) is 13.2 Å². The molecule has 0 unspecified atom stereocenters. The van der Waals surface area contributed by atoms with Crippen molar-refractivity contribution in [1.82, 2.24) is 9.38 Å². The van der Waals surface area contributed by atoms with Crippen LogP contribution >= 0.6 is 0 Å². The van der Waals surface area contributed by atoms with Crippen LogP contribution in [0.2, 0.25) is 0 Å². The molecule has 178 valence electrons. The van der Waals surface area contributed by atoms with Crippen molar-refractivity contribution >= 4 is 17.0 Å². The van der Waals surface area contributed by atoms with Gasteiger partial charge in [-0.25, -0.2) is 9.37 Å². The zero-order valence-corrected chi connectivity index (χ0v) is 18.5. The normalized spacial score (nSPS) is 16.1. The molecule has 2 aliphatic rings. The second-order valence-corrected chi connectivity index (χ2v) is 8.46. The van der Waals surface area contributed by atoms with Gasteiger partial charge in [0.15, 0.2) is 5.78 Å². The lowest BCUT2D eigenvalue weighted by Crippen LogP contribution is -2.11. The molecular weight excluding hydrogens is 449 g/mol. The first-order valence-electron chi connectivity index (χ1n) is 11.1. The monoisotopic (exact) mass is 472 g/mol. The Morgan fingerprint density at radius 3 is 2.74 bits per heavy atom. The van der Waals surface area contributed by atoms with E-state index >= 15 is 4.39 Å². The smallest absolute Gasteiger partial charge is 0.387 e. The molecule has 2 aromatic heterocycles. The molecule has 0 bridgehead atoms. The van der Waals surface area contributed by atoms with E-state index in [4.69, 9.17) is 14.2 Å². The SMILES string of the molecule is COc1cc(-c2cnc3cc(C4=CCOCC4)c(F)cn23)cc(OC(F)F)c1C(=O)CC1CC1. The number of carbonyl (C=O) groups is 1. The van der Waals surface area contributed by atoms with Crippen molar-refractivity contribution in [2.24, 2.45) is 5.92 Å². The number of rotatable bonds is 8. The number of nitrogens with zero attached hydrogens (tertiary/aromatic N) is 2. The first-order valence-corrected chi connectivity index (χ1v) is 11.1. The fraction of sp³-hybridized carbons (Fsp3) is 0.360. The first-order chi connectivity index (χ1) is 16.4. The quantitative estimate of drug-likeness (QED) is 0.403. The van der Waals surface area contributed by atoms with Crippen molar-refractivity contribution in [3.05, 3.63) is 53.6 Å². The summed E-state index contributed by atoms with van der Waals surface area (Å²) in [6.07, 6.45) is 7.41. The molecule has 6 nitrogen and oxygen atoms in total. The van der Waals surface area contributed by atoms with Crippen LogP contribution in [0.3, 0.4) is 0 Å². The van der Waals surface area contributed by atoms with Crippen LogP contribution in [-0.2, 0) is 4.74 Å². The van der Waals surface area contributed by atoms with E-state index in [-0.39, 0.29) is 35.2 Å². The van der Waals surface area contributed by atoms with E-state index in [2.05, 4.69) is 4.98 Å². The van der Waals surface area contributed by atoms with E-state index in [9.17, 15) is 13.6 Å². The van der Waals surface area contributed by atoms with Gasteiger partial charge >= 0.3 is 6.61 Å². The number of hydrogen-bond acceptors (Lipinski definition) is 5. The minimum Gasteiger partial charge on any atom is -0.496 e. The summed E-state index contributed by atoms with van der Waals surface area (Å²) in [6.45, 7) is -2.17. The van der Waals surface area contributed by atoms with Crippen LogP contribution in [0, 0.1) is 11.7 Å². The number of hydrogen-bond donors (Lipinski definition) is 0. The molecule has 0 amide bonds. The number of pyridine rings is 1. The molecule has 1 fully saturated rings. The molecular formula is C25H23F3N2O4. The Balaban J connectivity index is 1.60. The zero-order valence-electron chi connectivity index (χ0n) is 18.5. The number of fused-ring (bicyclic) bond motifs is 1. The molecule has 1 saturated carbocycles. The summed E-state index contributed by atoms with van der Waals surface area (Å²) in [6, 6.07) is 4.57. The van der Waals surface area contributed by atoms with Gasteiger partial charge in [-0.1, -0.05) is 6.08 Å². The van der Waals surface area contributed by atoms with Crippen LogP contribution < -0.4 is 9.47 Å². The molecule has 0 radical (unpaired) electrons. The number of imidazole rings is 1. The van der Waals surface area contributed by atoms with Gasteiger partial charge in [0.25, 0.3) is 0 Å². The summed E-state index contributed by atoms with van der Waals surface area (Å²) in [5.41, 5.74) is 2.63.